The SMILES string of the molecule is CN(C)C(CNc1ccc(C(=O)Nc2nncs2)cn1)c1c(F)cccc1F. The predicted octanol–water partition coefficient (Wildman–Crippen LogP) is 3.18. The summed E-state index contributed by atoms with van der Waals surface area (Å²) in [5.74, 6) is -1.07. The van der Waals surface area contributed by atoms with Crippen LogP contribution in [0.2, 0.25) is 0 Å². The quantitative estimate of drug-likeness (QED) is 0.629. The van der Waals surface area contributed by atoms with Gasteiger partial charge in [0.05, 0.1) is 11.6 Å². The molecule has 0 bridgehead atoms. The number of anilines is 2. The van der Waals surface area contributed by atoms with Gasteiger partial charge in [0.2, 0.25) is 5.13 Å². The van der Waals surface area contributed by atoms with E-state index in [0.29, 0.717) is 16.5 Å². The fourth-order valence-corrected chi connectivity index (χ4v) is 3.04. The second kappa shape index (κ2) is 8.81. The molecule has 0 saturated carbocycles. The number of amides is 1. The van der Waals surface area contributed by atoms with Crippen LogP contribution in [0.4, 0.5) is 19.7 Å². The van der Waals surface area contributed by atoms with Gasteiger partial charge in [0.15, 0.2) is 0 Å². The Morgan fingerprint density at radius 2 is 1.96 bits per heavy atom. The summed E-state index contributed by atoms with van der Waals surface area (Å²) in [5, 5.41) is 13.5. The van der Waals surface area contributed by atoms with E-state index in [0.717, 1.165) is 0 Å². The molecule has 1 atom stereocenters. The van der Waals surface area contributed by atoms with E-state index in [1.54, 1.807) is 31.1 Å². The van der Waals surface area contributed by atoms with E-state index in [-0.39, 0.29) is 18.0 Å². The Morgan fingerprint density at radius 3 is 2.54 bits per heavy atom. The van der Waals surface area contributed by atoms with Crippen molar-refractivity contribution in [2.75, 3.05) is 31.3 Å². The number of nitrogens with zero attached hydrogens (tertiary/aromatic N) is 4. The number of pyridine rings is 1. The number of benzene rings is 1. The zero-order valence-electron chi connectivity index (χ0n) is 15.2. The molecule has 0 radical (unpaired) electrons. The maximum atomic E-state index is 14.1. The number of aromatic nitrogens is 3. The van der Waals surface area contributed by atoms with E-state index >= 15 is 0 Å². The van der Waals surface area contributed by atoms with Crippen molar-refractivity contribution in [2.45, 2.75) is 6.04 Å². The third-order valence-electron chi connectivity index (χ3n) is 4.04. The van der Waals surface area contributed by atoms with E-state index in [1.807, 2.05) is 0 Å². The van der Waals surface area contributed by atoms with Crippen LogP contribution >= 0.6 is 11.3 Å². The van der Waals surface area contributed by atoms with Crippen LogP contribution in [-0.2, 0) is 0 Å². The summed E-state index contributed by atoms with van der Waals surface area (Å²) >= 11 is 1.21. The first-order valence-corrected chi connectivity index (χ1v) is 9.21. The Morgan fingerprint density at radius 1 is 1.21 bits per heavy atom. The van der Waals surface area contributed by atoms with Gasteiger partial charge >= 0.3 is 0 Å². The lowest BCUT2D eigenvalue weighted by Gasteiger charge is -2.26. The first-order valence-electron chi connectivity index (χ1n) is 8.33. The maximum absolute atomic E-state index is 14.1. The molecule has 7 nitrogen and oxygen atoms in total. The second-order valence-electron chi connectivity index (χ2n) is 6.13. The van der Waals surface area contributed by atoms with E-state index in [4.69, 9.17) is 0 Å². The molecule has 0 fully saturated rings. The average molecular weight is 404 g/mol. The molecule has 146 valence electrons. The fourth-order valence-electron chi connectivity index (χ4n) is 2.60. The summed E-state index contributed by atoms with van der Waals surface area (Å²) in [6.45, 7) is 0.230. The number of carbonyl (C=O) groups is 1. The number of halogens is 2. The maximum Gasteiger partial charge on any atom is 0.259 e. The van der Waals surface area contributed by atoms with Gasteiger partial charge < -0.3 is 10.2 Å². The molecule has 0 aliphatic carbocycles. The number of nitrogens with one attached hydrogen (secondary N) is 2. The van der Waals surface area contributed by atoms with E-state index < -0.39 is 17.7 Å². The van der Waals surface area contributed by atoms with Gasteiger partial charge in [-0.25, -0.2) is 13.8 Å². The molecule has 2 heterocycles. The lowest BCUT2D eigenvalue weighted by atomic mass is 10.0. The van der Waals surface area contributed by atoms with E-state index in [9.17, 15) is 13.6 Å². The number of rotatable bonds is 7. The van der Waals surface area contributed by atoms with Crippen LogP contribution in [0.1, 0.15) is 22.0 Å². The molecular weight excluding hydrogens is 386 g/mol. The summed E-state index contributed by atoms with van der Waals surface area (Å²) in [6, 6.07) is 6.49. The number of hydrogen-bond donors (Lipinski definition) is 2. The molecule has 1 aromatic carbocycles. The third kappa shape index (κ3) is 4.65. The van der Waals surface area contributed by atoms with Crippen molar-refractivity contribution in [1.82, 2.24) is 20.1 Å². The molecule has 10 heteroatoms. The van der Waals surface area contributed by atoms with Gasteiger partial charge in [-0.3, -0.25) is 10.1 Å². The van der Waals surface area contributed by atoms with E-state index in [2.05, 4.69) is 25.8 Å². The van der Waals surface area contributed by atoms with Gasteiger partial charge in [-0.2, -0.15) is 0 Å². The summed E-state index contributed by atoms with van der Waals surface area (Å²) in [4.78, 5) is 18.0. The summed E-state index contributed by atoms with van der Waals surface area (Å²) in [7, 11) is 3.49. The van der Waals surface area contributed by atoms with Gasteiger partial charge in [0.1, 0.15) is 23.0 Å². The first-order chi connectivity index (χ1) is 13.5. The Balaban J connectivity index is 1.67. The Bertz CT molecular complexity index is 914. The van der Waals surface area contributed by atoms with Crippen LogP contribution in [0.15, 0.2) is 42.0 Å². The van der Waals surface area contributed by atoms with Gasteiger partial charge in [-0.15, -0.1) is 10.2 Å². The predicted molar refractivity (Wildman–Crippen MR) is 103 cm³/mol. The molecular formula is C18H18F2N6OS. The Labute approximate surface area is 164 Å². The smallest absolute Gasteiger partial charge is 0.259 e. The first kappa shape index (κ1) is 19.8. The number of carbonyl (C=O) groups excluding carboxylic acids is 1. The molecule has 0 spiro atoms. The molecule has 2 aromatic heterocycles. The molecule has 0 saturated heterocycles. The van der Waals surface area contributed by atoms with Gasteiger partial charge in [-0.05, 0) is 38.4 Å². The van der Waals surface area contributed by atoms with Crippen molar-refractivity contribution in [3.05, 3.63) is 64.8 Å². The lowest BCUT2D eigenvalue weighted by Crippen LogP contribution is -2.28. The Hall–Kier alpha value is -2.98. The zero-order valence-corrected chi connectivity index (χ0v) is 16.0. The molecule has 2 N–H and O–H groups in total. The highest BCUT2D eigenvalue weighted by molar-refractivity contribution is 7.13. The van der Waals surface area contributed by atoms with Crippen molar-refractivity contribution in [1.29, 1.82) is 0 Å². The topological polar surface area (TPSA) is 83.0 Å². The molecule has 28 heavy (non-hydrogen) atoms. The average Bonchev–Trinajstić information content (AvgIpc) is 3.17. The summed E-state index contributed by atoms with van der Waals surface area (Å²) in [6.07, 6.45) is 1.41. The molecule has 0 aliphatic rings. The minimum atomic E-state index is -0.600. The minimum Gasteiger partial charge on any atom is -0.368 e. The molecule has 3 rings (SSSR count). The van der Waals surface area contributed by atoms with Crippen molar-refractivity contribution in [2.24, 2.45) is 0 Å². The van der Waals surface area contributed by atoms with E-state index in [1.165, 1.54) is 41.2 Å². The molecule has 1 amide bonds. The van der Waals surface area contributed by atoms with Crippen LogP contribution < -0.4 is 10.6 Å². The Kier molecular flexibility index (Phi) is 6.22. The highest BCUT2D eigenvalue weighted by Gasteiger charge is 2.22. The van der Waals surface area contributed by atoms with Crippen LogP contribution in [0.5, 0.6) is 0 Å². The van der Waals surface area contributed by atoms with Crippen molar-refractivity contribution in [3.63, 3.8) is 0 Å². The number of hydrogen-bond acceptors (Lipinski definition) is 7. The van der Waals surface area contributed by atoms with Crippen molar-refractivity contribution < 1.29 is 13.6 Å². The van der Waals surface area contributed by atoms with Crippen LogP contribution in [0, 0.1) is 11.6 Å². The highest BCUT2D eigenvalue weighted by Crippen LogP contribution is 2.25. The largest absolute Gasteiger partial charge is 0.368 e. The zero-order chi connectivity index (χ0) is 20.1. The summed E-state index contributed by atoms with van der Waals surface area (Å²) in [5.41, 5.74) is 1.86. The van der Waals surface area contributed by atoms with Crippen LogP contribution in [-0.4, -0.2) is 46.6 Å². The monoisotopic (exact) mass is 404 g/mol. The van der Waals surface area contributed by atoms with Crippen molar-refractivity contribution >= 4 is 28.2 Å². The fraction of sp³-hybridized carbons (Fsp3) is 0.222. The van der Waals surface area contributed by atoms with Crippen molar-refractivity contribution in [3.8, 4) is 0 Å². The highest BCUT2D eigenvalue weighted by atomic mass is 32.1. The third-order valence-corrected chi connectivity index (χ3v) is 4.65. The van der Waals surface area contributed by atoms with Gasteiger partial charge in [0, 0.05) is 18.3 Å². The standard InChI is InChI=1S/C18H18F2N6OS/c1-26(2)14(16-12(19)4-3-5-13(16)20)9-22-15-7-6-11(8-21-15)17(27)24-18-25-23-10-28-18/h3-8,10,14H,9H2,1-2H3,(H,21,22)(H,24,25,27). The van der Waals surface area contributed by atoms with Crippen LogP contribution in [0.3, 0.4) is 0 Å². The molecule has 1 unspecified atom stereocenters. The molecule has 0 aliphatic heterocycles. The summed E-state index contributed by atoms with van der Waals surface area (Å²) < 4.78 is 28.2. The van der Waals surface area contributed by atoms with Gasteiger partial charge in [0.25, 0.3) is 5.91 Å². The normalized spacial score (nSPS) is 12.0. The molecule has 3 aromatic rings. The minimum absolute atomic E-state index is 0.00643. The second-order valence-corrected chi connectivity index (χ2v) is 6.96. The lowest BCUT2D eigenvalue weighted by molar-refractivity contribution is 0.102. The van der Waals surface area contributed by atoms with Gasteiger partial charge in [-0.1, -0.05) is 17.4 Å². The number of likely N-dealkylation sites (N-methyl/N-ethyl adjacent to an activating group) is 1. The van der Waals surface area contributed by atoms with Crippen LogP contribution in [0.25, 0.3) is 0 Å².